The van der Waals surface area contributed by atoms with Gasteiger partial charge in [0, 0.05) is 44.7 Å². The average Bonchev–Trinajstić information content (AvgIpc) is 3.27. The molecule has 11 rings (SSSR count). The molecule has 2 aliphatic carbocycles. The Balaban J connectivity index is 1.12. The van der Waals surface area contributed by atoms with E-state index in [0.29, 0.717) is 0 Å². The molecule has 0 saturated carbocycles. The smallest absolute Gasteiger partial charge is 0.0556 e. The highest BCUT2D eigenvalue weighted by Crippen LogP contribution is 2.67. The lowest BCUT2D eigenvalue weighted by molar-refractivity contribution is 0.566. The number of benzene rings is 6. The highest BCUT2D eigenvalue weighted by atomic mass is 15.2. The van der Waals surface area contributed by atoms with Crippen molar-refractivity contribution in [2.24, 2.45) is 0 Å². The lowest BCUT2D eigenvalue weighted by Crippen LogP contribution is -2.44. The van der Waals surface area contributed by atoms with E-state index in [1.165, 1.54) is 73.0 Å². The number of hydrogen-bond acceptors (Lipinski definition) is 3. The van der Waals surface area contributed by atoms with Crippen molar-refractivity contribution in [3.63, 3.8) is 0 Å². The molecule has 0 fully saturated rings. The van der Waals surface area contributed by atoms with Crippen LogP contribution in [0.4, 0.5) is 39.8 Å². The zero-order valence-corrected chi connectivity index (χ0v) is 35.7. The Labute approximate surface area is 356 Å². The Morgan fingerprint density at radius 3 is 1.55 bits per heavy atom. The zero-order valence-electron chi connectivity index (χ0n) is 35.7. The summed E-state index contributed by atoms with van der Waals surface area (Å²) in [6.07, 6.45) is 19.2. The molecule has 0 N–H and O–H groups in total. The molecule has 0 bridgehead atoms. The summed E-state index contributed by atoms with van der Waals surface area (Å²) < 4.78 is 0. The molecule has 0 amide bonds. The van der Waals surface area contributed by atoms with Crippen molar-refractivity contribution < 1.29 is 0 Å². The van der Waals surface area contributed by atoms with Gasteiger partial charge in [-0.25, -0.2) is 0 Å². The van der Waals surface area contributed by atoms with Gasteiger partial charge in [-0.2, -0.15) is 0 Å². The van der Waals surface area contributed by atoms with Crippen LogP contribution in [0.1, 0.15) is 94.2 Å². The van der Waals surface area contributed by atoms with Crippen molar-refractivity contribution in [2.75, 3.05) is 14.7 Å². The lowest BCUT2D eigenvalue weighted by atomic mass is 9.60. The van der Waals surface area contributed by atoms with E-state index in [1.807, 2.05) is 0 Å². The van der Waals surface area contributed by atoms with Crippen LogP contribution in [-0.2, 0) is 16.2 Å². The number of para-hydroxylation sites is 3. The number of allylic oxidation sites excluding steroid dienone is 6. The van der Waals surface area contributed by atoms with Gasteiger partial charge in [0.15, 0.2) is 0 Å². The van der Waals surface area contributed by atoms with E-state index in [1.54, 1.807) is 0 Å². The number of anilines is 7. The number of hydrogen-bond donors (Lipinski definition) is 0. The third kappa shape index (κ3) is 5.34. The van der Waals surface area contributed by atoms with Crippen molar-refractivity contribution in [2.45, 2.75) is 83.1 Å². The van der Waals surface area contributed by atoms with Crippen LogP contribution in [0.25, 0.3) is 11.1 Å². The fraction of sp³-hybridized carbons (Fsp3) is 0.228. The van der Waals surface area contributed by atoms with Gasteiger partial charge in [0.25, 0.3) is 0 Å². The van der Waals surface area contributed by atoms with Crippen molar-refractivity contribution in [3.05, 3.63) is 209 Å². The Morgan fingerprint density at radius 1 is 0.483 bits per heavy atom. The maximum absolute atomic E-state index is 2.70. The summed E-state index contributed by atoms with van der Waals surface area (Å²) in [5.74, 6) is 0. The molecule has 6 aromatic rings. The van der Waals surface area contributed by atoms with Crippen LogP contribution in [0, 0.1) is 0 Å². The second-order valence-corrected chi connectivity index (χ2v) is 18.9. The van der Waals surface area contributed by atoms with Crippen LogP contribution < -0.4 is 14.7 Å². The minimum absolute atomic E-state index is 0.201. The second kappa shape index (κ2) is 13.3. The quantitative estimate of drug-likeness (QED) is 0.160. The molecule has 0 radical (unpaired) electrons. The fourth-order valence-corrected chi connectivity index (χ4v) is 11.0. The van der Waals surface area contributed by atoms with E-state index in [-0.39, 0.29) is 22.3 Å². The van der Waals surface area contributed by atoms with Crippen LogP contribution >= 0.6 is 0 Å². The molecule has 6 aromatic carbocycles. The highest BCUT2D eigenvalue weighted by molar-refractivity contribution is 6.00. The van der Waals surface area contributed by atoms with E-state index in [0.717, 1.165) is 36.3 Å². The Bertz CT molecular complexity index is 2780. The van der Waals surface area contributed by atoms with Gasteiger partial charge >= 0.3 is 0 Å². The summed E-state index contributed by atoms with van der Waals surface area (Å²) in [6.45, 7) is 14.8. The Kier molecular flexibility index (Phi) is 8.17. The molecule has 60 heavy (non-hydrogen) atoms. The summed E-state index contributed by atoms with van der Waals surface area (Å²) in [6, 6.07) is 48.1. The fourth-order valence-electron chi connectivity index (χ4n) is 11.0. The van der Waals surface area contributed by atoms with Gasteiger partial charge < -0.3 is 14.7 Å². The van der Waals surface area contributed by atoms with Gasteiger partial charge in [0.2, 0.25) is 0 Å². The van der Waals surface area contributed by atoms with Crippen molar-refractivity contribution in [1.82, 2.24) is 0 Å². The second-order valence-electron chi connectivity index (χ2n) is 18.9. The van der Waals surface area contributed by atoms with Crippen molar-refractivity contribution >= 4 is 39.8 Å². The molecule has 3 heteroatoms. The Hall–Kier alpha value is -6.32. The van der Waals surface area contributed by atoms with Gasteiger partial charge in [-0.05, 0) is 131 Å². The molecular weight excluding hydrogens is 727 g/mol. The molecular formula is C57H53N3. The number of rotatable bonds is 7. The molecule has 3 heterocycles. The third-order valence-corrected chi connectivity index (χ3v) is 14.3. The monoisotopic (exact) mass is 779 g/mol. The molecule has 3 nitrogen and oxygen atoms in total. The molecule has 1 unspecified atom stereocenters. The minimum Gasteiger partial charge on any atom is -0.338 e. The van der Waals surface area contributed by atoms with E-state index >= 15 is 0 Å². The predicted molar refractivity (Wildman–Crippen MR) is 253 cm³/mol. The Morgan fingerprint density at radius 2 is 1.02 bits per heavy atom. The van der Waals surface area contributed by atoms with Gasteiger partial charge in [-0.3, -0.25) is 0 Å². The zero-order chi connectivity index (χ0) is 41.0. The van der Waals surface area contributed by atoms with Crippen molar-refractivity contribution in [3.8, 4) is 11.1 Å². The minimum atomic E-state index is -0.279. The van der Waals surface area contributed by atoms with Crippen LogP contribution in [0.3, 0.4) is 0 Å². The topological polar surface area (TPSA) is 9.72 Å². The third-order valence-electron chi connectivity index (χ3n) is 14.3. The summed E-state index contributed by atoms with van der Waals surface area (Å²) in [7, 11) is 0. The average molecular weight is 780 g/mol. The standard InChI is InChI=1S/C57H53N3/c1-55(2)46-28-19-29-47-52(46)60-53-48(55)34-39(38-30-32-44(33-31-38)58(40-20-11-7-12-21-40)41-22-13-8-14-23-41)35-49(53)57(5,6)51-37-45(36-50(54(51)60)56(47,3)4)59(42-24-15-9-16-25-42)43-26-17-10-18-27-43/h7-17,19-24,26,28-37,42H,18,25,27H2,1-6H3. The van der Waals surface area contributed by atoms with Crippen LogP contribution in [0.2, 0.25) is 0 Å². The van der Waals surface area contributed by atoms with E-state index in [9.17, 15) is 0 Å². The van der Waals surface area contributed by atoms with E-state index in [4.69, 9.17) is 0 Å². The number of nitrogens with zero attached hydrogens (tertiary/aromatic N) is 3. The molecule has 0 aromatic heterocycles. The van der Waals surface area contributed by atoms with Gasteiger partial charge in [-0.1, -0.05) is 145 Å². The van der Waals surface area contributed by atoms with E-state index < -0.39 is 0 Å². The molecule has 3 aliphatic heterocycles. The van der Waals surface area contributed by atoms with Crippen LogP contribution in [0.15, 0.2) is 176 Å². The predicted octanol–water partition coefficient (Wildman–Crippen LogP) is 15.1. The van der Waals surface area contributed by atoms with Gasteiger partial charge in [0.05, 0.1) is 23.1 Å². The SMILES string of the molecule is CC1(C)c2cccc3c2N2c4c1cc(-c1ccc(N(c5ccccc5)c5ccccc5)cc1)cc4C(C)(C)c1cc(N(C4=CC=CCC4)C4C=CC=CC4)cc(c12)C3(C)C. The molecule has 5 aliphatic rings. The molecule has 1 atom stereocenters. The maximum Gasteiger partial charge on any atom is 0.0556 e. The first-order chi connectivity index (χ1) is 29.0. The van der Waals surface area contributed by atoms with Crippen LogP contribution in [0.5, 0.6) is 0 Å². The first-order valence-corrected chi connectivity index (χ1v) is 21.9. The summed E-state index contributed by atoms with van der Waals surface area (Å²) in [5, 5.41) is 0. The van der Waals surface area contributed by atoms with E-state index in [2.05, 4.69) is 226 Å². The largest absolute Gasteiger partial charge is 0.338 e. The van der Waals surface area contributed by atoms with Crippen LogP contribution in [-0.4, -0.2) is 6.04 Å². The first-order valence-electron chi connectivity index (χ1n) is 21.9. The lowest BCUT2D eigenvalue weighted by Gasteiger charge is -2.55. The molecule has 296 valence electrons. The highest BCUT2D eigenvalue weighted by Gasteiger charge is 2.52. The van der Waals surface area contributed by atoms with Gasteiger partial charge in [0.1, 0.15) is 0 Å². The first kappa shape index (κ1) is 36.7. The maximum atomic E-state index is 2.70. The molecule has 0 spiro atoms. The normalized spacial score (nSPS) is 19.1. The van der Waals surface area contributed by atoms with Crippen molar-refractivity contribution in [1.29, 1.82) is 0 Å². The summed E-state index contributed by atoms with van der Waals surface area (Å²) in [5.41, 5.74) is 20.5. The molecule has 0 saturated heterocycles. The summed E-state index contributed by atoms with van der Waals surface area (Å²) >= 11 is 0. The summed E-state index contributed by atoms with van der Waals surface area (Å²) in [4.78, 5) is 7.70. The van der Waals surface area contributed by atoms with Gasteiger partial charge in [-0.15, -0.1) is 0 Å².